The van der Waals surface area contributed by atoms with Crippen LogP contribution in [0.1, 0.15) is 51.4 Å². The largest absolute Gasteiger partial charge is 0.339 e. The predicted molar refractivity (Wildman–Crippen MR) is 131 cm³/mol. The summed E-state index contributed by atoms with van der Waals surface area (Å²) < 4.78 is 0. The molecule has 2 aliphatic carbocycles. The van der Waals surface area contributed by atoms with Gasteiger partial charge in [-0.25, -0.2) is 0 Å². The van der Waals surface area contributed by atoms with Crippen molar-refractivity contribution in [3.05, 3.63) is 0 Å². The normalized spacial score (nSPS) is 31.5. The molecule has 0 bridgehead atoms. The monoisotopic (exact) mass is 450 g/mol. The number of amides is 2. The summed E-state index contributed by atoms with van der Waals surface area (Å²) in [6.45, 7) is 17.8. The minimum atomic E-state index is -1.08. The molecule has 6 heteroatoms. The molecule has 30 heavy (non-hydrogen) atoms. The van der Waals surface area contributed by atoms with Gasteiger partial charge in [-0.05, 0) is 36.8 Å². The molecular weight excluding hydrogens is 404 g/mol. The van der Waals surface area contributed by atoms with Gasteiger partial charge in [0.15, 0.2) is 0 Å². The summed E-state index contributed by atoms with van der Waals surface area (Å²) in [5.74, 6) is 1.20. The van der Waals surface area contributed by atoms with Gasteiger partial charge < -0.3 is 9.80 Å². The molecule has 0 radical (unpaired) electrons. The Bertz CT molecular complexity index is 548. The van der Waals surface area contributed by atoms with Crippen LogP contribution in [0.2, 0.25) is 50.4 Å². The molecule has 2 saturated carbocycles. The molecule has 4 nitrogen and oxygen atoms in total. The third kappa shape index (κ3) is 5.78. The van der Waals surface area contributed by atoms with Crippen LogP contribution in [0.3, 0.4) is 0 Å². The first-order valence-electron chi connectivity index (χ1n) is 12.5. The highest BCUT2D eigenvalue weighted by molar-refractivity contribution is 6.77. The van der Waals surface area contributed by atoms with E-state index in [9.17, 15) is 9.59 Å². The van der Waals surface area contributed by atoms with Crippen molar-refractivity contribution in [3.8, 4) is 0 Å². The van der Waals surface area contributed by atoms with E-state index in [2.05, 4.69) is 49.1 Å². The number of nitrogens with zero attached hydrogens (tertiary/aromatic N) is 2. The summed E-state index contributed by atoms with van der Waals surface area (Å²) in [4.78, 5) is 30.2. The maximum atomic E-state index is 13.1. The van der Waals surface area contributed by atoms with Crippen molar-refractivity contribution in [1.29, 1.82) is 0 Å². The van der Waals surface area contributed by atoms with Crippen molar-refractivity contribution in [2.45, 2.75) is 102 Å². The van der Waals surface area contributed by atoms with Gasteiger partial charge >= 0.3 is 0 Å². The minimum absolute atomic E-state index is 0.233. The van der Waals surface area contributed by atoms with E-state index in [1.165, 1.54) is 25.7 Å². The summed E-state index contributed by atoms with van der Waals surface area (Å²) in [5.41, 5.74) is 1.76. The molecule has 3 fully saturated rings. The van der Waals surface area contributed by atoms with Crippen LogP contribution in [0, 0.1) is 11.8 Å². The maximum absolute atomic E-state index is 13.1. The summed E-state index contributed by atoms with van der Waals surface area (Å²) in [5, 5.41) is 0. The Kier molecular flexibility index (Phi) is 7.59. The standard InChI is InChI=1S/C24H46N2O2Si2/c1-29(2,3)21-11-7-19(8-12-21)23(27)25-15-17-26(18-16-25)24(28)20-9-13-22(14-10-20)30(4,5)6/h19-22H,7-18H2,1-6H3. The first-order valence-corrected chi connectivity index (χ1v) is 19.7. The van der Waals surface area contributed by atoms with Gasteiger partial charge in [0.2, 0.25) is 11.8 Å². The topological polar surface area (TPSA) is 40.6 Å². The summed E-state index contributed by atoms with van der Waals surface area (Å²) in [6, 6.07) is 0. The second-order valence-electron chi connectivity index (χ2n) is 12.5. The van der Waals surface area contributed by atoms with Crippen molar-refractivity contribution < 1.29 is 9.59 Å². The number of hydrogen-bond acceptors (Lipinski definition) is 2. The quantitative estimate of drug-likeness (QED) is 0.534. The Labute approximate surface area is 187 Å². The van der Waals surface area contributed by atoms with E-state index in [-0.39, 0.29) is 11.8 Å². The Hall–Kier alpha value is -0.626. The van der Waals surface area contributed by atoms with Gasteiger partial charge in [0, 0.05) is 54.2 Å². The Balaban J connectivity index is 1.43. The molecule has 172 valence electrons. The molecule has 0 spiro atoms. The fourth-order valence-electron chi connectivity index (χ4n) is 6.08. The Morgan fingerprint density at radius 1 is 0.533 bits per heavy atom. The molecule has 3 rings (SSSR count). The van der Waals surface area contributed by atoms with Crippen LogP contribution in [0.25, 0.3) is 0 Å². The van der Waals surface area contributed by atoms with E-state index in [0.29, 0.717) is 11.8 Å². The van der Waals surface area contributed by atoms with Crippen LogP contribution in [-0.4, -0.2) is 63.9 Å². The van der Waals surface area contributed by atoms with E-state index in [0.717, 1.165) is 62.9 Å². The maximum Gasteiger partial charge on any atom is 0.225 e. The van der Waals surface area contributed by atoms with E-state index in [1.807, 2.05) is 0 Å². The molecule has 0 N–H and O–H groups in total. The zero-order valence-corrected chi connectivity index (χ0v) is 22.5. The lowest BCUT2D eigenvalue weighted by Crippen LogP contribution is -2.53. The molecule has 0 unspecified atom stereocenters. The number of piperazine rings is 1. The first kappa shape index (κ1) is 24.0. The highest BCUT2D eigenvalue weighted by Crippen LogP contribution is 2.41. The lowest BCUT2D eigenvalue weighted by molar-refractivity contribution is -0.145. The van der Waals surface area contributed by atoms with Crippen molar-refractivity contribution in [2.24, 2.45) is 11.8 Å². The van der Waals surface area contributed by atoms with Crippen molar-refractivity contribution >= 4 is 28.0 Å². The second-order valence-corrected chi connectivity index (χ2v) is 23.6. The van der Waals surface area contributed by atoms with Gasteiger partial charge in [0.1, 0.15) is 0 Å². The SMILES string of the molecule is C[Si](C)(C)C1CCC(C(=O)N2CCN(C(=O)C3CCC([Si](C)(C)C)CC3)CC2)CC1. The highest BCUT2D eigenvalue weighted by Gasteiger charge is 2.38. The fraction of sp³-hybridized carbons (Fsp3) is 0.917. The number of rotatable bonds is 4. The molecule has 1 heterocycles. The van der Waals surface area contributed by atoms with Crippen LogP contribution in [0.15, 0.2) is 0 Å². The van der Waals surface area contributed by atoms with Crippen molar-refractivity contribution in [2.75, 3.05) is 26.2 Å². The summed E-state index contributed by atoms with van der Waals surface area (Å²) in [6.07, 6.45) is 9.27. The van der Waals surface area contributed by atoms with Crippen LogP contribution in [-0.2, 0) is 9.59 Å². The lowest BCUT2D eigenvalue weighted by atomic mass is 9.87. The van der Waals surface area contributed by atoms with Gasteiger partial charge in [-0.3, -0.25) is 9.59 Å². The van der Waals surface area contributed by atoms with Gasteiger partial charge in [-0.15, -0.1) is 0 Å². The van der Waals surface area contributed by atoms with E-state index in [1.54, 1.807) is 0 Å². The van der Waals surface area contributed by atoms with Gasteiger partial charge in [0.25, 0.3) is 0 Å². The van der Waals surface area contributed by atoms with Gasteiger partial charge in [-0.2, -0.15) is 0 Å². The summed E-state index contributed by atoms with van der Waals surface area (Å²) >= 11 is 0. The predicted octanol–water partition coefficient (Wildman–Crippen LogP) is 5.45. The number of carbonyl (C=O) groups excluding carboxylic acids is 2. The zero-order valence-electron chi connectivity index (χ0n) is 20.5. The average molecular weight is 451 g/mol. The minimum Gasteiger partial charge on any atom is -0.339 e. The van der Waals surface area contributed by atoms with Crippen molar-refractivity contribution in [1.82, 2.24) is 9.80 Å². The van der Waals surface area contributed by atoms with Crippen LogP contribution < -0.4 is 0 Å². The van der Waals surface area contributed by atoms with Crippen LogP contribution in [0.5, 0.6) is 0 Å². The van der Waals surface area contributed by atoms with Gasteiger partial charge in [0.05, 0.1) is 0 Å². The smallest absolute Gasteiger partial charge is 0.225 e. The van der Waals surface area contributed by atoms with Crippen molar-refractivity contribution in [3.63, 3.8) is 0 Å². The summed E-state index contributed by atoms with van der Waals surface area (Å²) in [7, 11) is -2.16. The van der Waals surface area contributed by atoms with Crippen LogP contribution >= 0.6 is 0 Å². The molecule has 1 saturated heterocycles. The molecular formula is C24H46N2O2Si2. The molecule has 0 aromatic carbocycles. The molecule has 0 atom stereocenters. The molecule has 1 aliphatic heterocycles. The van der Waals surface area contributed by atoms with E-state index in [4.69, 9.17) is 0 Å². The van der Waals surface area contributed by atoms with Gasteiger partial charge in [-0.1, -0.05) is 65.0 Å². The average Bonchev–Trinajstić information content (AvgIpc) is 2.72. The lowest BCUT2D eigenvalue weighted by Gasteiger charge is -2.41. The van der Waals surface area contributed by atoms with E-state index < -0.39 is 16.1 Å². The zero-order chi connectivity index (χ0) is 22.1. The third-order valence-corrected chi connectivity index (χ3v) is 14.6. The van der Waals surface area contributed by atoms with Crippen LogP contribution in [0.4, 0.5) is 0 Å². The van der Waals surface area contributed by atoms with E-state index >= 15 is 0 Å². The Morgan fingerprint density at radius 2 is 0.800 bits per heavy atom. The molecule has 2 amide bonds. The molecule has 3 aliphatic rings. The number of hydrogen-bond donors (Lipinski definition) is 0. The third-order valence-electron chi connectivity index (χ3n) is 8.51. The Morgan fingerprint density at radius 3 is 1.03 bits per heavy atom. The fourth-order valence-corrected chi connectivity index (χ4v) is 10.2. The molecule has 0 aromatic heterocycles. The highest BCUT2D eigenvalue weighted by atomic mass is 28.3. The first-order chi connectivity index (χ1) is 14.0. The number of carbonyl (C=O) groups is 2. The molecule has 0 aromatic rings. The second kappa shape index (κ2) is 9.47.